The van der Waals surface area contributed by atoms with Crippen LogP contribution in [0.1, 0.15) is 29.2 Å². The molecule has 0 unspecified atom stereocenters. The van der Waals surface area contributed by atoms with E-state index in [4.69, 9.17) is 5.73 Å². The van der Waals surface area contributed by atoms with E-state index < -0.39 is 10.0 Å². The van der Waals surface area contributed by atoms with Gasteiger partial charge in [-0.1, -0.05) is 24.3 Å². The van der Waals surface area contributed by atoms with Crippen molar-refractivity contribution in [2.45, 2.75) is 31.2 Å². The van der Waals surface area contributed by atoms with Gasteiger partial charge in [-0.05, 0) is 54.7 Å². The number of hydrogen-bond acceptors (Lipinski definition) is 4. The first-order valence-corrected chi connectivity index (χ1v) is 10.7. The van der Waals surface area contributed by atoms with E-state index in [0.717, 1.165) is 27.9 Å². The van der Waals surface area contributed by atoms with Crippen LogP contribution in [0.4, 0.5) is 5.69 Å². The topological polar surface area (TPSA) is 81.2 Å². The molecule has 1 aliphatic rings. The van der Waals surface area contributed by atoms with Crippen LogP contribution in [-0.4, -0.2) is 24.7 Å². The fourth-order valence-electron chi connectivity index (χ4n) is 3.89. The van der Waals surface area contributed by atoms with Crippen molar-refractivity contribution in [1.29, 1.82) is 0 Å². The van der Waals surface area contributed by atoms with Crippen LogP contribution in [0.25, 0.3) is 11.1 Å². The number of hydrogen-bond donors (Lipinski definition) is 1. The third-order valence-electron chi connectivity index (χ3n) is 5.34. The van der Waals surface area contributed by atoms with Crippen LogP contribution in [0.15, 0.2) is 53.7 Å². The molecular formula is C21H24N4O2S. The maximum Gasteiger partial charge on any atom is 0.264 e. The number of sulfonamides is 1. The minimum atomic E-state index is -3.69. The molecule has 0 radical (unpaired) electrons. The predicted molar refractivity (Wildman–Crippen MR) is 111 cm³/mol. The number of nitrogens with zero attached hydrogens (tertiary/aromatic N) is 3. The zero-order valence-electron chi connectivity index (χ0n) is 16.3. The number of rotatable bonds is 3. The Morgan fingerprint density at radius 2 is 1.89 bits per heavy atom. The molecule has 1 aliphatic heterocycles. The molecule has 2 heterocycles. The summed E-state index contributed by atoms with van der Waals surface area (Å²) in [4.78, 5) is 0.324. The Balaban J connectivity index is 1.79. The Morgan fingerprint density at radius 3 is 2.57 bits per heavy atom. The second-order valence-electron chi connectivity index (χ2n) is 7.37. The molecular weight excluding hydrogens is 372 g/mol. The minimum absolute atomic E-state index is 0.143. The third-order valence-corrected chi connectivity index (χ3v) is 7.30. The largest absolute Gasteiger partial charge is 0.324 e. The lowest BCUT2D eigenvalue weighted by Crippen LogP contribution is -2.39. The number of aryl methyl sites for hydroxylation is 3. The molecule has 28 heavy (non-hydrogen) atoms. The molecule has 0 aliphatic carbocycles. The second kappa shape index (κ2) is 6.76. The monoisotopic (exact) mass is 396 g/mol. The quantitative estimate of drug-likeness (QED) is 0.736. The van der Waals surface area contributed by atoms with Crippen molar-refractivity contribution in [3.8, 4) is 11.1 Å². The number of aromatic nitrogens is 2. The van der Waals surface area contributed by atoms with Crippen molar-refractivity contribution in [2.75, 3.05) is 10.8 Å². The number of para-hydroxylation sites is 1. The van der Waals surface area contributed by atoms with Gasteiger partial charge in [0.1, 0.15) is 0 Å². The first kappa shape index (κ1) is 18.7. The summed E-state index contributed by atoms with van der Waals surface area (Å²) in [5, 5.41) is 4.19. The van der Waals surface area contributed by atoms with E-state index in [0.29, 0.717) is 23.4 Å². The van der Waals surface area contributed by atoms with Gasteiger partial charge in [0.05, 0.1) is 16.8 Å². The Kier molecular flexibility index (Phi) is 4.51. The second-order valence-corrected chi connectivity index (χ2v) is 9.20. The molecule has 0 saturated carbocycles. The summed E-state index contributed by atoms with van der Waals surface area (Å²) in [5.41, 5.74) is 11.4. The zero-order valence-corrected chi connectivity index (χ0v) is 17.1. The van der Waals surface area contributed by atoms with Crippen molar-refractivity contribution >= 4 is 15.7 Å². The summed E-state index contributed by atoms with van der Waals surface area (Å²) in [5.74, 6) is 0. The van der Waals surface area contributed by atoms with E-state index in [2.05, 4.69) is 5.10 Å². The number of anilines is 1. The van der Waals surface area contributed by atoms with Gasteiger partial charge in [0, 0.05) is 31.4 Å². The van der Waals surface area contributed by atoms with Crippen molar-refractivity contribution in [2.24, 2.45) is 12.8 Å². The molecule has 2 N–H and O–H groups in total. The van der Waals surface area contributed by atoms with Crippen LogP contribution >= 0.6 is 0 Å². The van der Waals surface area contributed by atoms with Crippen molar-refractivity contribution in [1.82, 2.24) is 9.78 Å². The summed E-state index contributed by atoms with van der Waals surface area (Å²) in [6.07, 6.45) is 4.28. The summed E-state index contributed by atoms with van der Waals surface area (Å²) < 4.78 is 30.3. The van der Waals surface area contributed by atoms with Gasteiger partial charge in [-0.2, -0.15) is 5.10 Å². The van der Waals surface area contributed by atoms with E-state index >= 15 is 0 Å². The maximum atomic E-state index is 13.6. The molecule has 0 fully saturated rings. The van der Waals surface area contributed by atoms with Gasteiger partial charge < -0.3 is 5.73 Å². The molecule has 6 nitrogen and oxygen atoms in total. The van der Waals surface area contributed by atoms with Crippen molar-refractivity contribution < 1.29 is 8.42 Å². The number of nitrogens with two attached hydrogens (primary N) is 1. The van der Waals surface area contributed by atoms with Gasteiger partial charge in [-0.15, -0.1) is 0 Å². The number of fused-ring (bicyclic) bond motifs is 1. The molecule has 0 bridgehead atoms. The van der Waals surface area contributed by atoms with Crippen LogP contribution in [0.3, 0.4) is 0 Å². The fraction of sp³-hybridized carbons (Fsp3) is 0.286. The Hall–Kier alpha value is -2.64. The van der Waals surface area contributed by atoms with E-state index in [1.807, 2.05) is 57.4 Å². The van der Waals surface area contributed by atoms with E-state index in [1.54, 1.807) is 16.9 Å². The van der Waals surface area contributed by atoms with Crippen molar-refractivity contribution in [3.63, 3.8) is 0 Å². The Labute approximate surface area is 165 Å². The van der Waals surface area contributed by atoms with Gasteiger partial charge in [0.15, 0.2) is 0 Å². The first-order chi connectivity index (χ1) is 13.3. The Morgan fingerprint density at radius 1 is 1.11 bits per heavy atom. The molecule has 0 amide bonds. The SMILES string of the molecule is Cc1cc(-c2cnn(C)c2)ccc1S(=O)(=O)N1CC[C@H](N)c2cccc(C)c21. The van der Waals surface area contributed by atoms with E-state index in [-0.39, 0.29) is 6.04 Å². The summed E-state index contributed by atoms with van der Waals surface area (Å²) in [7, 11) is -1.83. The highest BCUT2D eigenvalue weighted by Crippen LogP contribution is 2.39. The smallest absolute Gasteiger partial charge is 0.264 e. The van der Waals surface area contributed by atoms with Gasteiger partial charge in [0.25, 0.3) is 10.0 Å². The van der Waals surface area contributed by atoms with Gasteiger partial charge >= 0.3 is 0 Å². The highest BCUT2D eigenvalue weighted by molar-refractivity contribution is 7.92. The van der Waals surface area contributed by atoms with Crippen LogP contribution in [0, 0.1) is 13.8 Å². The summed E-state index contributed by atoms with van der Waals surface area (Å²) in [6, 6.07) is 11.1. The van der Waals surface area contributed by atoms with Crippen LogP contribution in [0.5, 0.6) is 0 Å². The lowest BCUT2D eigenvalue weighted by molar-refractivity contribution is 0.573. The highest BCUT2D eigenvalue weighted by Gasteiger charge is 2.33. The molecule has 4 rings (SSSR count). The lowest BCUT2D eigenvalue weighted by atomic mass is 9.96. The fourth-order valence-corrected chi connectivity index (χ4v) is 5.67. The maximum absolute atomic E-state index is 13.6. The van der Waals surface area contributed by atoms with Gasteiger partial charge in [-0.3, -0.25) is 8.99 Å². The van der Waals surface area contributed by atoms with E-state index in [1.165, 1.54) is 4.31 Å². The number of benzene rings is 2. The summed E-state index contributed by atoms with van der Waals surface area (Å²) >= 11 is 0. The van der Waals surface area contributed by atoms with E-state index in [9.17, 15) is 8.42 Å². The van der Waals surface area contributed by atoms with Crippen LogP contribution in [0.2, 0.25) is 0 Å². The van der Waals surface area contributed by atoms with Crippen LogP contribution in [-0.2, 0) is 17.1 Å². The molecule has 0 spiro atoms. The molecule has 3 aromatic rings. The molecule has 1 aromatic heterocycles. The molecule has 146 valence electrons. The Bertz CT molecular complexity index is 1150. The molecule has 7 heteroatoms. The highest BCUT2D eigenvalue weighted by atomic mass is 32.2. The standard InChI is InChI=1S/C21H24N4O2S/c1-14-5-4-6-18-19(22)9-10-25(21(14)18)28(26,27)20-8-7-16(11-15(20)2)17-12-23-24(3)13-17/h4-8,11-13,19H,9-10,22H2,1-3H3/t19-/m0/s1. The van der Waals surface area contributed by atoms with Crippen LogP contribution < -0.4 is 10.0 Å². The first-order valence-electron chi connectivity index (χ1n) is 9.26. The zero-order chi connectivity index (χ0) is 20.1. The molecule has 2 aromatic carbocycles. The minimum Gasteiger partial charge on any atom is -0.324 e. The molecule has 0 saturated heterocycles. The predicted octanol–water partition coefficient (Wildman–Crippen LogP) is 3.30. The average molecular weight is 397 g/mol. The van der Waals surface area contributed by atoms with Gasteiger partial charge in [-0.25, -0.2) is 8.42 Å². The molecule has 1 atom stereocenters. The van der Waals surface area contributed by atoms with Crippen molar-refractivity contribution in [3.05, 3.63) is 65.5 Å². The third kappa shape index (κ3) is 3.00. The average Bonchev–Trinajstić information content (AvgIpc) is 3.08. The normalized spacial score (nSPS) is 16.9. The van der Waals surface area contributed by atoms with Gasteiger partial charge in [0.2, 0.25) is 0 Å². The summed E-state index contributed by atoms with van der Waals surface area (Å²) in [6.45, 7) is 4.14. The lowest BCUT2D eigenvalue weighted by Gasteiger charge is -2.35.